The highest BCUT2D eigenvalue weighted by Crippen LogP contribution is 2.40. The van der Waals surface area contributed by atoms with Gasteiger partial charge in [-0.2, -0.15) is 0 Å². The highest BCUT2D eigenvalue weighted by Gasteiger charge is 2.21. The molecule has 0 saturated carbocycles. The van der Waals surface area contributed by atoms with Crippen molar-refractivity contribution >= 4 is 44.0 Å². The Labute approximate surface area is 189 Å². The molecule has 0 radical (unpaired) electrons. The molecule has 0 bridgehead atoms. The summed E-state index contributed by atoms with van der Waals surface area (Å²) in [5, 5.41) is 0.864. The molecule has 6 rings (SSSR count). The number of nitrogens with one attached hydrogen (secondary N) is 1. The van der Waals surface area contributed by atoms with Crippen LogP contribution in [0.2, 0.25) is 0 Å². The Morgan fingerprint density at radius 1 is 0.938 bits per heavy atom. The van der Waals surface area contributed by atoms with E-state index in [4.69, 9.17) is 24.2 Å². The fraction of sp³-hybridized carbons (Fsp3) is 0.391. The summed E-state index contributed by atoms with van der Waals surface area (Å²) in [6.07, 6.45) is 0. The van der Waals surface area contributed by atoms with Crippen LogP contribution in [0.4, 0.5) is 11.4 Å². The van der Waals surface area contributed by atoms with Crippen molar-refractivity contribution in [2.24, 2.45) is 0 Å². The van der Waals surface area contributed by atoms with Crippen molar-refractivity contribution < 1.29 is 14.2 Å². The molecule has 4 heterocycles. The maximum Gasteiger partial charge on any atom is 0.167 e. The number of fused-ring (bicyclic) bond motifs is 2. The van der Waals surface area contributed by atoms with Gasteiger partial charge in [-0.05, 0) is 30.3 Å². The summed E-state index contributed by atoms with van der Waals surface area (Å²) >= 11 is 1.65. The molecule has 4 aromatic rings. The molecule has 0 spiro atoms. The van der Waals surface area contributed by atoms with Gasteiger partial charge >= 0.3 is 0 Å². The van der Waals surface area contributed by atoms with Gasteiger partial charge in [-0.25, -0.2) is 9.97 Å². The number of morpholine rings is 2. The summed E-state index contributed by atoms with van der Waals surface area (Å²) in [6, 6.07) is 10.5. The number of aromatic nitrogens is 3. The Balaban J connectivity index is 1.40. The van der Waals surface area contributed by atoms with Gasteiger partial charge < -0.3 is 29.0 Å². The fourth-order valence-electron chi connectivity index (χ4n) is 4.41. The zero-order valence-electron chi connectivity index (χ0n) is 18.0. The molecule has 2 aromatic carbocycles. The van der Waals surface area contributed by atoms with Gasteiger partial charge in [0.25, 0.3) is 0 Å². The van der Waals surface area contributed by atoms with E-state index in [0.29, 0.717) is 0 Å². The van der Waals surface area contributed by atoms with E-state index in [1.807, 2.05) is 6.07 Å². The predicted molar refractivity (Wildman–Crippen MR) is 127 cm³/mol. The third kappa shape index (κ3) is 3.46. The molecule has 1 N–H and O–H groups in total. The van der Waals surface area contributed by atoms with Gasteiger partial charge in [0.15, 0.2) is 10.8 Å². The average Bonchev–Trinajstić information content (AvgIpc) is 3.49. The minimum atomic E-state index is 0.744. The number of hydrogen-bond donors (Lipinski definition) is 1. The monoisotopic (exact) mass is 451 g/mol. The largest absolute Gasteiger partial charge is 0.494 e. The van der Waals surface area contributed by atoms with Crippen LogP contribution in [-0.4, -0.2) is 74.7 Å². The van der Waals surface area contributed by atoms with Crippen LogP contribution in [0.1, 0.15) is 0 Å². The van der Waals surface area contributed by atoms with E-state index in [9.17, 15) is 0 Å². The summed E-state index contributed by atoms with van der Waals surface area (Å²) < 4.78 is 17.8. The van der Waals surface area contributed by atoms with Gasteiger partial charge in [-0.3, -0.25) is 0 Å². The first kappa shape index (κ1) is 19.8. The number of anilines is 2. The van der Waals surface area contributed by atoms with Gasteiger partial charge in [0.05, 0.1) is 55.0 Å². The molecular formula is C23H25N5O3S. The molecule has 8 nitrogen and oxygen atoms in total. The van der Waals surface area contributed by atoms with Crippen molar-refractivity contribution in [3.05, 3.63) is 30.3 Å². The highest BCUT2D eigenvalue weighted by molar-refractivity contribution is 7.22. The Kier molecular flexibility index (Phi) is 5.09. The van der Waals surface area contributed by atoms with Crippen molar-refractivity contribution in [1.29, 1.82) is 0 Å². The van der Waals surface area contributed by atoms with Crippen LogP contribution in [0, 0.1) is 0 Å². The van der Waals surface area contributed by atoms with Crippen molar-refractivity contribution in [2.45, 2.75) is 0 Å². The van der Waals surface area contributed by atoms with Crippen molar-refractivity contribution in [1.82, 2.24) is 15.0 Å². The molecule has 2 fully saturated rings. The third-order valence-corrected chi connectivity index (χ3v) is 7.19. The molecule has 2 aromatic heterocycles. The normalized spacial score (nSPS) is 17.4. The maximum absolute atomic E-state index is 5.62. The molecule has 9 heteroatoms. The van der Waals surface area contributed by atoms with E-state index in [0.717, 1.165) is 90.4 Å². The summed E-state index contributed by atoms with van der Waals surface area (Å²) in [7, 11) is 1.69. The van der Waals surface area contributed by atoms with Gasteiger partial charge in [-0.1, -0.05) is 0 Å². The van der Waals surface area contributed by atoms with Crippen LogP contribution in [0.15, 0.2) is 30.3 Å². The standard InChI is InChI=1S/C23H25N5O3S/c1-29-19-5-4-18(28-8-12-31-13-9-28)21-20(19)26-23(32-21)22-24-16-3-2-15(14-17(16)25-22)27-6-10-30-11-7-27/h2-5,14H,6-13H2,1H3,(H,24,25). The molecule has 2 saturated heterocycles. The molecule has 2 aliphatic rings. The smallest absolute Gasteiger partial charge is 0.167 e. The second kappa shape index (κ2) is 8.23. The topological polar surface area (TPSA) is 75.7 Å². The van der Waals surface area contributed by atoms with Gasteiger partial charge in [0.1, 0.15) is 11.3 Å². The number of rotatable bonds is 4. The minimum Gasteiger partial charge on any atom is -0.494 e. The van der Waals surface area contributed by atoms with E-state index >= 15 is 0 Å². The van der Waals surface area contributed by atoms with E-state index in [1.165, 1.54) is 11.4 Å². The molecule has 0 unspecified atom stereocenters. The first-order valence-corrected chi connectivity index (χ1v) is 11.7. The lowest BCUT2D eigenvalue weighted by atomic mass is 10.2. The van der Waals surface area contributed by atoms with Gasteiger partial charge in [0, 0.05) is 31.9 Å². The Morgan fingerprint density at radius 2 is 1.69 bits per heavy atom. The van der Waals surface area contributed by atoms with Crippen LogP contribution in [0.5, 0.6) is 5.75 Å². The summed E-state index contributed by atoms with van der Waals surface area (Å²) in [5.41, 5.74) is 5.21. The molecule has 32 heavy (non-hydrogen) atoms. The molecule has 0 atom stereocenters. The van der Waals surface area contributed by atoms with Crippen LogP contribution in [0.25, 0.3) is 32.1 Å². The number of hydrogen-bond acceptors (Lipinski definition) is 8. The summed E-state index contributed by atoms with van der Waals surface area (Å²) in [5.74, 6) is 1.57. The third-order valence-electron chi connectivity index (χ3n) is 6.10. The number of imidazole rings is 1. The number of thiazole rings is 1. The molecule has 166 valence electrons. The molecule has 0 aliphatic carbocycles. The summed E-state index contributed by atoms with van der Waals surface area (Å²) in [4.78, 5) is 18.0. The quantitative estimate of drug-likeness (QED) is 0.509. The molecule has 2 aliphatic heterocycles. The number of aromatic amines is 1. The highest BCUT2D eigenvalue weighted by atomic mass is 32.1. The number of benzene rings is 2. The number of methoxy groups -OCH3 is 1. The SMILES string of the molecule is COc1ccc(N2CCOCC2)c2sc(-c3nc4ccc(N5CCOCC5)cc4[nH]3)nc12. The van der Waals surface area contributed by atoms with Crippen LogP contribution < -0.4 is 14.5 Å². The van der Waals surface area contributed by atoms with E-state index in [1.54, 1.807) is 18.4 Å². The minimum absolute atomic E-state index is 0.744. The van der Waals surface area contributed by atoms with E-state index in [-0.39, 0.29) is 0 Å². The van der Waals surface area contributed by atoms with Gasteiger partial charge in [0.2, 0.25) is 0 Å². The summed E-state index contributed by atoms with van der Waals surface area (Å²) in [6.45, 7) is 6.61. The lowest BCUT2D eigenvalue weighted by Gasteiger charge is -2.29. The van der Waals surface area contributed by atoms with E-state index in [2.05, 4.69) is 39.0 Å². The van der Waals surface area contributed by atoms with Crippen molar-refractivity contribution in [3.8, 4) is 16.6 Å². The average molecular weight is 452 g/mol. The number of nitrogens with zero attached hydrogens (tertiary/aromatic N) is 4. The van der Waals surface area contributed by atoms with Gasteiger partial charge in [-0.15, -0.1) is 11.3 Å². The molecular weight excluding hydrogens is 426 g/mol. The van der Waals surface area contributed by atoms with Crippen LogP contribution in [0.3, 0.4) is 0 Å². The Bertz CT molecular complexity index is 1260. The second-order valence-corrected chi connectivity index (χ2v) is 8.97. The predicted octanol–water partition coefficient (Wildman–Crippen LogP) is 3.52. The lowest BCUT2D eigenvalue weighted by Crippen LogP contribution is -2.36. The van der Waals surface area contributed by atoms with Crippen LogP contribution in [-0.2, 0) is 9.47 Å². The molecule has 0 amide bonds. The van der Waals surface area contributed by atoms with Crippen LogP contribution >= 0.6 is 11.3 Å². The first-order valence-electron chi connectivity index (χ1n) is 10.9. The fourth-order valence-corrected chi connectivity index (χ4v) is 5.47. The zero-order valence-corrected chi connectivity index (χ0v) is 18.8. The maximum atomic E-state index is 5.62. The second-order valence-electron chi connectivity index (χ2n) is 7.97. The van der Waals surface area contributed by atoms with E-state index < -0.39 is 0 Å². The number of ether oxygens (including phenoxy) is 3. The Morgan fingerprint density at radius 3 is 2.44 bits per heavy atom. The van der Waals surface area contributed by atoms with Crippen molar-refractivity contribution in [2.75, 3.05) is 69.5 Å². The zero-order chi connectivity index (χ0) is 21.5. The first-order chi connectivity index (χ1) is 15.8. The van der Waals surface area contributed by atoms with Crippen molar-refractivity contribution in [3.63, 3.8) is 0 Å². The lowest BCUT2D eigenvalue weighted by molar-refractivity contribution is 0.122. The Hall–Kier alpha value is -2.88. The number of H-pyrrole nitrogens is 1.